The largest absolute Gasteiger partial charge is 0.292 e. The highest BCUT2D eigenvalue weighted by atomic mass is 127. The number of hydrogen-bond acceptors (Lipinski definition) is 2. The summed E-state index contributed by atoms with van der Waals surface area (Å²) in [7, 11) is 0. The first-order valence-electron chi connectivity index (χ1n) is 9.38. The summed E-state index contributed by atoms with van der Waals surface area (Å²) in [6.45, 7) is 0.533. The first-order chi connectivity index (χ1) is 14.5. The van der Waals surface area contributed by atoms with E-state index in [0.717, 1.165) is 15.6 Å². The Morgan fingerprint density at radius 2 is 1.77 bits per heavy atom. The van der Waals surface area contributed by atoms with Crippen molar-refractivity contribution in [1.82, 2.24) is 9.55 Å². The highest BCUT2D eigenvalue weighted by Crippen LogP contribution is 2.23. The molecule has 0 fully saturated rings. The Morgan fingerprint density at radius 3 is 2.53 bits per heavy atom. The van der Waals surface area contributed by atoms with Gasteiger partial charge in [-0.1, -0.05) is 59.6 Å². The predicted molar refractivity (Wildman–Crippen MR) is 134 cm³/mol. The molecule has 150 valence electrons. The molecule has 1 heterocycles. The fourth-order valence-electron chi connectivity index (χ4n) is 3.24. The number of hydrogen-bond donors (Lipinski definition) is 0. The van der Waals surface area contributed by atoms with Crippen LogP contribution in [0.1, 0.15) is 17.0 Å². The van der Waals surface area contributed by atoms with E-state index in [4.69, 9.17) is 28.2 Å². The van der Waals surface area contributed by atoms with Gasteiger partial charge in [-0.25, -0.2) is 4.98 Å². The van der Waals surface area contributed by atoms with E-state index >= 15 is 0 Å². The third-order valence-electron chi connectivity index (χ3n) is 4.79. The van der Waals surface area contributed by atoms with Crippen LogP contribution in [0.5, 0.6) is 0 Å². The van der Waals surface area contributed by atoms with Crippen molar-refractivity contribution >= 4 is 68.8 Å². The number of halogens is 3. The maximum absolute atomic E-state index is 13.3. The second-order valence-corrected chi connectivity index (χ2v) is 8.91. The molecule has 30 heavy (non-hydrogen) atoms. The summed E-state index contributed by atoms with van der Waals surface area (Å²) < 4.78 is 2.73. The molecule has 0 aliphatic carbocycles. The Labute approximate surface area is 198 Å². The third-order valence-corrected chi connectivity index (χ3v) is 6.02. The van der Waals surface area contributed by atoms with E-state index in [2.05, 4.69) is 34.7 Å². The van der Waals surface area contributed by atoms with E-state index in [1.54, 1.807) is 16.7 Å². The van der Waals surface area contributed by atoms with Crippen molar-refractivity contribution in [2.24, 2.45) is 0 Å². The van der Waals surface area contributed by atoms with Crippen LogP contribution in [0.3, 0.4) is 0 Å². The second-order valence-electron chi connectivity index (χ2n) is 6.82. The molecule has 1 aromatic heterocycles. The molecular weight excluding hydrogens is 530 g/mol. The van der Waals surface area contributed by atoms with Gasteiger partial charge in [0.2, 0.25) is 0 Å². The smallest absolute Gasteiger partial charge is 0.261 e. The van der Waals surface area contributed by atoms with Crippen LogP contribution in [-0.4, -0.2) is 9.55 Å². The zero-order valence-electron chi connectivity index (χ0n) is 15.9. The minimum Gasteiger partial charge on any atom is -0.292 e. The Balaban J connectivity index is 1.78. The lowest BCUT2D eigenvalue weighted by atomic mass is 10.1. The molecule has 0 saturated carbocycles. The van der Waals surface area contributed by atoms with Gasteiger partial charge in [0.05, 0.1) is 10.9 Å². The minimum absolute atomic E-state index is 0.0451. The molecule has 0 amide bonds. The van der Waals surface area contributed by atoms with Crippen molar-refractivity contribution in [3.8, 4) is 0 Å². The lowest BCUT2D eigenvalue weighted by Crippen LogP contribution is -2.25. The summed E-state index contributed by atoms with van der Waals surface area (Å²) in [5.74, 6) is 0.593. The lowest BCUT2D eigenvalue weighted by Gasteiger charge is -2.12. The second kappa shape index (κ2) is 9.33. The first kappa shape index (κ1) is 21.1. The number of nitrogens with zero attached hydrogens (tertiary/aromatic N) is 2. The van der Waals surface area contributed by atoms with Crippen LogP contribution in [0.25, 0.3) is 23.1 Å². The Kier molecular flexibility index (Phi) is 6.56. The van der Waals surface area contributed by atoms with E-state index < -0.39 is 0 Å². The molecule has 3 nitrogen and oxygen atoms in total. The minimum atomic E-state index is -0.0451. The molecule has 3 aromatic carbocycles. The van der Waals surface area contributed by atoms with Gasteiger partial charge in [-0.05, 0) is 82.6 Å². The molecule has 0 radical (unpaired) electrons. The number of benzene rings is 3. The fraction of sp³-hybridized carbons (Fsp3) is 0.0833. The number of rotatable bonds is 5. The molecule has 4 rings (SSSR count). The van der Waals surface area contributed by atoms with Gasteiger partial charge in [-0.2, -0.15) is 0 Å². The van der Waals surface area contributed by atoms with Crippen LogP contribution >= 0.6 is 45.8 Å². The van der Waals surface area contributed by atoms with Crippen LogP contribution in [0.4, 0.5) is 0 Å². The summed E-state index contributed by atoms with van der Waals surface area (Å²) in [6, 6.07) is 21.2. The van der Waals surface area contributed by atoms with Gasteiger partial charge in [0, 0.05) is 20.2 Å². The van der Waals surface area contributed by atoms with Crippen LogP contribution < -0.4 is 5.56 Å². The molecular formula is C24H17Cl2IN2O. The van der Waals surface area contributed by atoms with Gasteiger partial charge >= 0.3 is 0 Å². The standard InChI is InChI=1S/C24H17Cl2IN2O/c25-18-8-6-17(21(26)14-18)7-11-23-28-22-10-9-19(27)15-20(22)24(30)29(23)13-12-16-4-2-1-3-5-16/h1-11,14-15H,12-13H2/b11-7+. The monoisotopic (exact) mass is 546 g/mol. The van der Waals surface area contributed by atoms with Crippen LogP contribution in [0.2, 0.25) is 10.0 Å². The van der Waals surface area contributed by atoms with Crippen molar-refractivity contribution in [3.05, 3.63) is 108 Å². The van der Waals surface area contributed by atoms with Crippen LogP contribution in [0, 0.1) is 3.57 Å². The summed E-state index contributed by atoms with van der Waals surface area (Å²) in [5.41, 5.74) is 2.62. The van der Waals surface area contributed by atoms with Crippen LogP contribution in [-0.2, 0) is 13.0 Å². The van der Waals surface area contributed by atoms with Gasteiger partial charge in [0.1, 0.15) is 5.82 Å². The van der Waals surface area contributed by atoms with Crippen LogP contribution in [0.15, 0.2) is 71.5 Å². The fourth-order valence-corrected chi connectivity index (χ4v) is 4.20. The van der Waals surface area contributed by atoms with Gasteiger partial charge < -0.3 is 0 Å². The highest BCUT2D eigenvalue weighted by molar-refractivity contribution is 14.1. The van der Waals surface area contributed by atoms with Gasteiger partial charge in [0.25, 0.3) is 5.56 Å². The molecule has 4 aromatic rings. The van der Waals surface area contributed by atoms with E-state index in [0.29, 0.717) is 33.3 Å². The predicted octanol–water partition coefficient (Wildman–Crippen LogP) is 6.72. The van der Waals surface area contributed by atoms with Crippen molar-refractivity contribution in [3.63, 3.8) is 0 Å². The third kappa shape index (κ3) is 4.77. The number of aromatic nitrogens is 2. The SMILES string of the molecule is O=c1c2cc(I)ccc2nc(/C=C/c2ccc(Cl)cc2Cl)n1CCc1ccccc1. The van der Waals surface area contributed by atoms with E-state index in [1.807, 2.05) is 54.6 Å². The van der Waals surface area contributed by atoms with Crippen molar-refractivity contribution in [2.75, 3.05) is 0 Å². The van der Waals surface area contributed by atoms with E-state index in [1.165, 1.54) is 5.56 Å². The summed E-state index contributed by atoms with van der Waals surface area (Å²) in [5, 5.41) is 1.75. The zero-order chi connectivity index (χ0) is 21.1. The molecule has 0 atom stereocenters. The molecule has 0 aliphatic heterocycles. The maximum atomic E-state index is 13.3. The number of aryl methyl sites for hydroxylation is 1. The summed E-state index contributed by atoms with van der Waals surface area (Å²) >= 11 is 14.5. The zero-order valence-corrected chi connectivity index (χ0v) is 19.5. The molecule has 0 saturated heterocycles. The van der Waals surface area contributed by atoms with Gasteiger partial charge in [-0.3, -0.25) is 9.36 Å². The summed E-state index contributed by atoms with van der Waals surface area (Å²) in [4.78, 5) is 18.0. The van der Waals surface area contributed by atoms with E-state index in [-0.39, 0.29) is 5.56 Å². The summed E-state index contributed by atoms with van der Waals surface area (Å²) in [6.07, 6.45) is 4.43. The molecule has 0 aliphatic rings. The van der Waals surface area contributed by atoms with Gasteiger partial charge in [-0.15, -0.1) is 0 Å². The topological polar surface area (TPSA) is 34.9 Å². The molecule has 0 unspecified atom stereocenters. The van der Waals surface area contributed by atoms with Gasteiger partial charge in [0.15, 0.2) is 0 Å². The van der Waals surface area contributed by atoms with Crippen molar-refractivity contribution < 1.29 is 0 Å². The Morgan fingerprint density at radius 1 is 0.967 bits per heavy atom. The molecule has 0 N–H and O–H groups in total. The Hall–Kier alpha value is -2.15. The molecule has 0 bridgehead atoms. The normalized spacial score (nSPS) is 11.4. The highest BCUT2D eigenvalue weighted by Gasteiger charge is 2.10. The van der Waals surface area contributed by atoms with Crippen molar-refractivity contribution in [1.29, 1.82) is 0 Å². The first-order valence-corrected chi connectivity index (χ1v) is 11.2. The quantitative estimate of drug-likeness (QED) is 0.260. The van der Waals surface area contributed by atoms with E-state index in [9.17, 15) is 4.79 Å². The average Bonchev–Trinajstić information content (AvgIpc) is 2.74. The maximum Gasteiger partial charge on any atom is 0.261 e. The number of fused-ring (bicyclic) bond motifs is 1. The van der Waals surface area contributed by atoms with Crippen molar-refractivity contribution in [2.45, 2.75) is 13.0 Å². The molecule has 0 spiro atoms. The average molecular weight is 547 g/mol. The Bertz CT molecular complexity index is 1300. The molecule has 6 heteroatoms. The lowest BCUT2D eigenvalue weighted by molar-refractivity contribution is 0.655.